The van der Waals surface area contributed by atoms with Crippen molar-refractivity contribution in [1.29, 1.82) is 0 Å². The van der Waals surface area contributed by atoms with Crippen molar-refractivity contribution >= 4 is 45.0 Å². The van der Waals surface area contributed by atoms with Crippen LogP contribution < -0.4 is 16.0 Å². The number of benzene rings is 1. The van der Waals surface area contributed by atoms with E-state index in [1.165, 1.54) is 38.0 Å². The molecule has 0 spiro atoms. The van der Waals surface area contributed by atoms with Crippen molar-refractivity contribution in [2.45, 2.75) is 81.5 Å². The van der Waals surface area contributed by atoms with Gasteiger partial charge in [-0.15, -0.1) is 0 Å². The first-order valence-electron chi connectivity index (χ1n) is 12.0. The van der Waals surface area contributed by atoms with E-state index < -0.39 is 9.84 Å². The largest absolute Gasteiger partial charge is 0.506 e. The maximum absolute atomic E-state index is 11.9. The van der Waals surface area contributed by atoms with Crippen molar-refractivity contribution in [3.63, 3.8) is 0 Å². The van der Waals surface area contributed by atoms with Gasteiger partial charge in [-0.1, -0.05) is 37.3 Å². The topological polar surface area (TPSA) is 129 Å². The molecule has 2 aliphatic rings. The third-order valence-electron chi connectivity index (χ3n) is 6.64. The van der Waals surface area contributed by atoms with E-state index >= 15 is 0 Å². The second-order valence-corrected chi connectivity index (χ2v) is 12.1. The summed E-state index contributed by atoms with van der Waals surface area (Å²) in [5.74, 6) is 1.31. The van der Waals surface area contributed by atoms with Gasteiger partial charge in [-0.2, -0.15) is 15.0 Å². The standard InChI is InChI=1S/C23H33ClN6O3S/c1-34(32,33)18-11-8-16(9-12-18)26-22-28-21(25-15-6-4-2-3-5-7-15)29-23(30-22)27-17-10-13-20(31)19(24)14-17/h10,13-16,18,31H,2-9,11-12H2,1H3,(H3,25,26,27,28,29,30). The maximum Gasteiger partial charge on any atom is 0.233 e. The number of nitrogens with one attached hydrogen (secondary N) is 3. The molecule has 2 saturated carbocycles. The fourth-order valence-corrected chi connectivity index (χ4v) is 6.01. The summed E-state index contributed by atoms with van der Waals surface area (Å²) in [6.07, 6.45) is 11.1. The van der Waals surface area contributed by atoms with Gasteiger partial charge < -0.3 is 21.1 Å². The Morgan fingerprint density at radius 2 is 1.41 bits per heavy atom. The van der Waals surface area contributed by atoms with E-state index in [2.05, 4.69) is 30.9 Å². The minimum Gasteiger partial charge on any atom is -0.506 e. The first-order chi connectivity index (χ1) is 16.3. The summed E-state index contributed by atoms with van der Waals surface area (Å²) in [4.78, 5) is 13.7. The molecule has 1 aromatic carbocycles. The highest BCUT2D eigenvalue weighted by atomic mass is 35.5. The quantitative estimate of drug-likeness (QED) is 0.305. The highest BCUT2D eigenvalue weighted by molar-refractivity contribution is 7.91. The van der Waals surface area contributed by atoms with Crippen molar-refractivity contribution in [3.8, 4) is 5.75 Å². The van der Waals surface area contributed by atoms with E-state index in [0.29, 0.717) is 42.4 Å². The van der Waals surface area contributed by atoms with E-state index in [1.807, 2.05) is 0 Å². The predicted octanol–water partition coefficient (Wildman–Crippen LogP) is 4.88. The van der Waals surface area contributed by atoms with Gasteiger partial charge in [-0.3, -0.25) is 0 Å². The molecular weight excluding hydrogens is 476 g/mol. The Morgan fingerprint density at radius 1 is 0.853 bits per heavy atom. The van der Waals surface area contributed by atoms with Crippen molar-refractivity contribution in [3.05, 3.63) is 23.2 Å². The molecule has 0 saturated heterocycles. The smallest absolute Gasteiger partial charge is 0.233 e. The molecule has 0 bridgehead atoms. The second-order valence-electron chi connectivity index (χ2n) is 9.38. The van der Waals surface area contributed by atoms with Crippen molar-refractivity contribution in [2.24, 2.45) is 0 Å². The number of aromatic hydroxyl groups is 1. The Morgan fingerprint density at radius 3 is 1.97 bits per heavy atom. The minimum absolute atomic E-state index is 0.00522. The van der Waals surface area contributed by atoms with Crippen molar-refractivity contribution in [1.82, 2.24) is 15.0 Å². The summed E-state index contributed by atoms with van der Waals surface area (Å²) < 4.78 is 23.8. The van der Waals surface area contributed by atoms with Crippen LogP contribution in [0.1, 0.15) is 64.2 Å². The van der Waals surface area contributed by atoms with Gasteiger partial charge in [0, 0.05) is 24.0 Å². The van der Waals surface area contributed by atoms with Gasteiger partial charge in [-0.25, -0.2) is 8.42 Å². The first-order valence-corrected chi connectivity index (χ1v) is 14.3. The average molecular weight is 509 g/mol. The molecule has 0 atom stereocenters. The minimum atomic E-state index is -3.01. The summed E-state index contributed by atoms with van der Waals surface area (Å²) in [6, 6.07) is 5.23. The van der Waals surface area contributed by atoms with Crippen molar-refractivity contribution < 1.29 is 13.5 Å². The zero-order valence-electron chi connectivity index (χ0n) is 19.4. The number of rotatable bonds is 7. The number of anilines is 4. The van der Waals surface area contributed by atoms with Crippen LogP contribution in [0.2, 0.25) is 5.02 Å². The Kier molecular flexibility index (Phi) is 7.98. The SMILES string of the molecule is CS(=O)(=O)C1CCC(Nc2nc(Nc3ccc(O)c(Cl)c3)nc(NC3CCCCCC3)n2)CC1. The number of hydrogen-bond acceptors (Lipinski definition) is 9. The lowest BCUT2D eigenvalue weighted by Crippen LogP contribution is -2.33. The fourth-order valence-electron chi connectivity index (χ4n) is 4.70. The van der Waals surface area contributed by atoms with E-state index in [4.69, 9.17) is 11.6 Å². The molecule has 0 unspecified atom stereocenters. The number of sulfone groups is 1. The van der Waals surface area contributed by atoms with Gasteiger partial charge in [0.15, 0.2) is 0 Å². The van der Waals surface area contributed by atoms with Gasteiger partial charge in [0.2, 0.25) is 17.8 Å². The number of aromatic nitrogens is 3. The Bertz CT molecular complexity index is 1080. The summed E-state index contributed by atoms with van der Waals surface area (Å²) in [6.45, 7) is 0. The highest BCUT2D eigenvalue weighted by Gasteiger charge is 2.28. The maximum atomic E-state index is 11.9. The van der Waals surface area contributed by atoms with Crippen LogP contribution in [0.15, 0.2) is 18.2 Å². The molecule has 2 aromatic rings. The van der Waals surface area contributed by atoms with Crippen molar-refractivity contribution in [2.75, 3.05) is 22.2 Å². The van der Waals surface area contributed by atoms with Crippen LogP contribution >= 0.6 is 11.6 Å². The normalized spacial score (nSPS) is 22.1. The summed E-state index contributed by atoms with van der Waals surface area (Å²) in [5, 5.41) is 19.7. The molecule has 2 fully saturated rings. The molecule has 4 rings (SSSR count). The second kappa shape index (κ2) is 10.9. The van der Waals surface area contributed by atoms with Crippen LogP contribution in [0.4, 0.5) is 23.5 Å². The van der Waals surface area contributed by atoms with Gasteiger partial charge in [0.1, 0.15) is 15.6 Å². The Balaban J connectivity index is 1.51. The summed E-state index contributed by atoms with van der Waals surface area (Å²) in [7, 11) is -3.01. The van der Waals surface area contributed by atoms with Gasteiger partial charge in [0.25, 0.3) is 0 Å². The Labute approximate surface area is 206 Å². The molecule has 2 aliphatic carbocycles. The lowest BCUT2D eigenvalue weighted by Gasteiger charge is -2.28. The van der Waals surface area contributed by atoms with Crippen LogP contribution in [0.3, 0.4) is 0 Å². The lowest BCUT2D eigenvalue weighted by atomic mass is 9.95. The van der Waals surface area contributed by atoms with E-state index in [9.17, 15) is 13.5 Å². The number of nitrogens with zero attached hydrogens (tertiary/aromatic N) is 3. The Hall–Kier alpha value is -2.33. The summed E-state index contributed by atoms with van der Waals surface area (Å²) in [5.41, 5.74) is 0.647. The zero-order valence-corrected chi connectivity index (χ0v) is 21.0. The van der Waals surface area contributed by atoms with Gasteiger partial charge >= 0.3 is 0 Å². The van der Waals surface area contributed by atoms with Gasteiger partial charge in [-0.05, 0) is 56.7 Å². The predicted molar refractivity (Wildman–Crippen MR) is 136 cm³/mol. The van der Waals surface area contributed by atoms with Crippen LogP contribution in [-0.4, -0.2) is 52.1 Å². The van der Waals surface area contributed by atoms with Gasteiger partial charge in [0.05, 0.1) is 10.3 Å². The molecule has 0 aliphatic heterocycles. The number of phenolic OH excluding ortho intramolecular Hbond substituents is 1. The van der Waals surface area contributed by atoms with E-state index in [0.717, 1.165) is 25.7 Å². The molecule has 0 amide bonds. The summed E-state index contributed by atoms with van der Waals surface area (Å²) >= 11 is 6.05. The number of halogens is 1. The van der Waals surface area contributed by atoms with Crippen LogP contribution in [-0.2, 0) is 9.84 Å². The molecular formula is C23H33ClN6O3S. The fraction of sp³-hybridized carbons (Fsp3) is 0.609. The highest BCUT2D eigenvalue weighted by Crippen LogP contribution is 2.29. The molecule has 1 aromatic heterocycles. The third kappa shape index (κ3) is 6.85. The third-order valence-corrected chi connectivity index (χ3v) is 8.63. The number of phenols is 1. The monoisotopic (exact) mass is 508 g/mol. The lowest BCUT2D eigenvalue weighted by molar-refractivity contribution is 0.452. The molecule has 0 radical (unpaired) electrons. The van der Waals surface area contributed by atoms with Crippen LogP contribution in [0, 0.1) is 0 Å². The van der Waals surface area contributed by atoms with Crippen LogP contribution in [0.25, 0.3) is 0 Å². The molecule has 9 nitrogen and oxygen atoms in total. The number of hydrogen-bond donors (Lipinski definition) is 4. The van der Waals surface area contributed by atoms with Crippen LogP contribution in [0.5, 0.6) is 5.75 Å². The molecule has 186 valence electrons. The van der Waals surface area contributed by atoms with E-state index in [-0.39, 0.29) is 22.1 Å². The molecule has 4 N–H and O–H groups in total. The molecule has 1 heterocycles. The zero-order chi connectivity index (χ0) is 24.1. The molecule has 34 heavy (non-hydrogen) atoms. The van der Waals surface area contributed by atoms with E-state index in [1.54, 1.807) is 12.1 Å². The first kappa shape index (κ1) is 24.8. The average Bonchev–Trinajstić information content (AvgIpc) is 3.05. The molecule has 11 heteroatoms.